The van der Waals surface area contributed by atoms with Crippen LogP contribution in [0.4, 0.5) is 0 Å². The highest BCUT2D eigenvalue weighted by Gasteiger charge is 2.11. The first kappa shape index (κ1) is 11.8. The molecule has 1 heterocycles. The van der Waals surface area contributed by atoms with Crippen molar-refractivity contribution in [3.63, 3.8) is 0 Å². The number of halogens is 1. The van der Waals surface area contributed by atoms with E-state index in [1.54, 1.807) is 0 Å². The molecule has 1 atom stereocenters. The number of rotatable bonds is 5. The summed E-state index contributed by atoms with van der Waals surface area (Å²) in [6.07, 6.45) is 4.36. The van der Waals surface area contributed by atoms with Crippen LogP contribution >= 0.6 is 15.9 Å². The minimum Gasteiger partial charge on any atom is -0.276 e. The van der Waals surface area contributed by atoms with E-state index in [0.717, 1.165) is 17.7 Å². The van der Waals surface area contributed by atoms with E-state index in [0.29, 0.717) is 5.92 Å². The summed E-state index contributed by atoms with van der Waals surface area (Å²) in [5.41, 5.74) is 1.21. The van der Waals surface area contributed by atoms with Gasteiger partial charge in [-0.05, 0) is 30.7 Å². The second-order valence-electron chi connectivity index (χ2n) is 4.33. The van der Waals surface area contributed by atoms with Crippen LogP contribution in [-0.4, -0.2) is 15.1 Å². The van der Waals surface area contributed by atoms with Gasteiger partial charge < -0.3 is 0 Å². The first-order valence-electron chi connectivity index (χ1n) is 5.16. The maximum atomic E-state index is 4.40. The van der Waals surface area contributed by atoms with Gasteiger partial charge in [-0.15, -0.1) is 0 Å². The smallest absolute Gasteiger partial charge is 0.0627 e. The number of alkyl halides is 1. The summed E-state index contributed by atoms with van der Waals surface area (Å²) in [4.78, 5) is 0. The topological polar surface area (TPSA) is 17.8 Å². The zero-order chi connectivity index (χ0) is 10.6. The Bertz CT molecular complexity index is 268. The Labute approximate surface area is 94.8 Å². The van der Waals surface area contributed by atoms with Gasteiger partial charge in [-0.1, -0.05) is 29.8 Å². The SMILES string of the molecule is CC(C)CC(CBr)Cc1ccn(C)n1. The average molecular weight is 259 g/mol. The molecule has 0 saturated heterocycles. The van der Waals surface area contributed by atoms with Crippen molar-refractivity contribution >= 4 is 15.9 Å². The van der Waals surface area contributed by atoms with E-state index in [9.17, 15) is 0 Å². The molecule has 1 rings (SSSR count). The highest BCUT2D eigenvalue weighted by atomic mass is 79.9. The van der Waals surface area contributed by atoms with Crippen molar-refractivity contribution in [2.24, 2.45) is 18.9 Å². The first-order chi connectivity index (χ1) is 6.61. The lowest BCUT2D eigenvalue weighted by Crippen LogP contribution is -2.10. The van der Waals surface area contributed by atoms with Gasteiger partial charge in [0.1, 0.15) is 0 Å². The number of aryl methyl sites for hydroxylation is 1. The zero-order valence-corrected chi connectivity index (χ0v) is 10.8. The fourth-order valence-corrected chi connectivity index (χ4v) is 2.23. The summed E-state index contributed by atoms with van der Waals surface area (Å²) in [5, 5.41) is 5.47. The molecule has 14 heavy (non-hydrogen) atoms. The van der Waals surface area contributed by atoms with Crippen molar-refractivity contribution in [1.82, 2.24) is 9.78 Å². The van der Waals surface area contributed by atoms with Crippen molar-refractivity contribution in [2.75, 3.05) is 5.33 Å². The molecule has 0 amide bonds. The van der Waals surface area contributed by atoms with Gasteiger partial charge in [0.15, 0.2) is 0 Å². The molecule has 0 aromatic carbocycles. The molecule has 0 fully saturated rings. The van der Waals surface area contributed by atoms with Gasteiger partial charge in [0.25, 0.3) is 0 Å². The fourth-order valence-electron chi connectivity index (χ4n) is 1.74. The first-order valence-corrected chi connectivity index (χ1v) is 6.28. The summed E-state index contributed by atoms with van der Waals surface area (Å²) in [7, 11) is 1.97. The summed E-state index contributed by atoms with van der Waals surface area (Å²) in [6.45, 7) is 4.54. The van der Waals surface area contributed by atoms with Gasteiger partial charge in [-0.25, -0.2) is 0 Å². The molecule has 0 aliphatic carbocycles. The summed E-state index contributed by atoms with van der Waals surface area (Å²) in [6, 6.07) is 2.11. The second kappa shape index (κ2) is 5.54. The van der Waals surface area contributed by atoms with E-state index < -0.39 is 0 Å². The van der Waals surface area contributed by atoms with E-state index in [1.807, 2.05) is 17.9 Å². The predicted octanol–water partition coefficient (Wildman–Crippen LogP) is 3.02. The molecule has 80 valence electrons. The fraction of sp³-hybridized carbons (Fsp3) is 0.727. The highest BCUT2D eigenvalue weighted by molar-refractivity contribution is 9.09. The molecular formula is C11H19BrN2. The third kappa shape index (κ3) is 3.82. The van der Waals surface area contributed by atoms with Crippen LogP contribution in [0, 0.1) is 11.8 Å². The molecule has 1 unspecified atom stereocenters. The van der Waals surface area contributed by atoms with Gasteiger partial charge in [-0.3, -0.25) is 4.68 Å². The molecule has 2 nitrogen and oxygen atoms in total. The second-order valence-corrected chi connectivity index (χ2v) is 4.98. The van der Waals surface area contributed by atoms with Crippen LogP contribution in [0.5, 0.6) is 0 Å². The number of aromatic nitrogens is 2. The van der Waals surface area contributed by atoms with Crippen LogP contribution in [0.1, 0.15) is 26.0 Å². The Morgan fingerprint density at radius 3 is 2.64 bits per heavy atom. The Morgan fingerprint density at radius 1 is 1.50 bits per heavy atom. The van der Waals surface area contributed by atoms with Gasteiger partial charge in [0, 0.05) is 18.6 Å². The van der Waals surface area contributed by atoms with E-state index in [4.69, 9.17) is 0 Å². The van der Waals surface area contributed by atoms with Crippen LogP contribution in [0.25, 0.3) is 0 Å². The van der Waals surface area contributed by atoms with Crippen LogP contribution < -0.4 is 0 Å². The van der Waals surface area contributed by atoms with Crippen molar-refractivity contribution in [3.05, 3.63) is 18.0 Å². The quantitative estimate of drug-likeness (QED) is 0.743. The summed E-state index contributed by atoms with van der Waals surface area (Å²) >= 11 is 3.57. The van der Waals surface area contributed by atoms with Crippen molar-refractivity contribution < 1.29 is 0 Å². The maximum absolute atomic E-state index is 4.40. The molecule has 1 aromatic heterocycles. The number of hydrogen-bond donors (Lipinski definition) is 0. The minimum atomic E-state index is 0.713. The number of hydrogen-bond acceptors (Lipinski definition) is 1. The molecule has 0 bridgehead atoms. The maximum Gasteiger partial charge on any atom is 0.0627 e. The van der Waals surface area contributed by atoms with Gasteiger partial charge in [0.2, 0.25) is 0 Å². The molecule has 0 aliphatic rings. The van der Waals surface area contributed by atoms with Crippen molar-refractivity contribution in [1.29, 1.82) is 0 Å². The molecule has 1 aromatic rings. The minimum absolute atomic E-state index is 0.713. The average Bonchev–Trinajstić information content (AvgIpc) is 2.49. The lowest BCUT2D eigenvalue weighted by molar-refractivity contribution is 0.440. The number of nitrogens with zero attached hydrogens (tertiary/aromatic N) is 2. The van der Waals surface area contributed by atoms with E-state index in [-0.39, 0.29) is 0 Å². The zero-order valence-electron chi connectivity index (χ0n) is 9.20. The lowest BCUT2D eigenvalue weighted by Gasteiger charge is -2.14. The van der Waals surface area contributed by atoms with Gasteiger partial charge >= 0.3 is 0 Å². The normalized spacial score (nSPS) is 13.5. The molecule has 3 heteroatoms. The Morgan fingerprint density at radius 2 is 2.21 bits per heavy atom. The largest absolute Gasteiger partial charge is 0.276 e. The Hall–Kier alpha value is -0.310. The summed E-state index contributed by atoms with van der Waals surface area (Å²) in [5.74, 6) is 1.48. The standard InChI is InChI=1S/C11H19BrN2/c1-9(2)6-10(8-12)7-11-4-5-14(3)13-11/h4-5,9-10H,6-8H2,1-3H3. The van der Waals surface area contributed by atoms with Crippen LogP contribution in [-0.2, 0) is 13.5 Å². The Balaban J connectivity index is 2.48. The van der Waals surface area contributed by atoms with Crippen LogP contribution in [0.15, 0.2) is 12.3 Å². The molecule has 0 radical (unpaired) electrons. The Kier molecular flexibility index (Phi) is 4.66. The van der Waals surface area contributed by atoms with Gasteiger partial charge in [0.05, 0.1) is 5.69 Å². The molecule has 0 spiro atoms. The van der Waals surface area contributed by atoms with E-state index in [2.05, 4.69) is 40.9 Å². The monoisotopic (exact) mass is 258 g/mol. The van der Waals surface area contributed by atoms with Crippen molar-refractivity contribution in [2.45, 2.75) is 26.7 Å². The molecular weight excluding hydrogens is 240 g/mol. The van der Waals surface area contributed by atoms with Crippen molar-refractivity contribution in [3.8, 4) is 0 Å². The van der Waals surface area contributed by atoms with Crippen LogP contribution in [0.3, 0.4) is 0 Å². The van der Waals surface area contributed by atoms with Crippen LogP contribution in [0.2, 0.25) is 0 Å². The highest BCUT2D eigenvalue weighted by Crippen LogP contribution is 2.18. The molecule has 0 aliphatic heterocycles. The van der Waals surface area contributed by atoms with Gasteiger partial charge in [-0.2, -0.15) is 5.10 Å². The van der Waals surface area contributed by atoms with E-state index >= 15 is 0 Å². The molecule has 0 N–H and O–H groups in total. The third-order valence-corrected chi connectivity index (χ3v) is 3.21. The lowest BCUT2D eigenvalue weighted by atomic mass is 9.95. The predicted molar refractivity (Wildman–Crippen MR) is 63.7 cm³/mol. The van der Waals surface area contributed by atoms with E-state index in [1.165, 1.54) is 12.1 Å². The molecule has 0 saturated carbocycles. The summed E-state index contributed by atoms with van der Waals surface area (Å²) < 4.78 is 1.87. The third-order valence-electron chi connectivity index (χ3n) is 2.29.